The van der Waals surface area contributed by atoms with Gasteiger partial charge in [0.1, 0.15) is 5.75 Å². The molecule has 25 heavy (non-hydrogen) atoms. The van der Waals surface area contributed by atoms with Crippen molar-refractivity contribution >= 4 is 15.7 Å². The molecule has 1 fully saturated rings. The highest BCUT2D eigenvalue weighted by molar-refractivity contribution is 7.89. The van der Waals surface area contributed by atoms with Crippen molar-refractivity contribution in [1.82, 2.24) is 9.62 Å². The van der Waals surface area contributed by atoms with Crippen LogP contribution in [0.5, 0.6) is 5.75 Å². The summed E-state index contributed by atoms with van der Waals surface area (Å²) in [4.78, 5) is 12.2. The smallest absolute Gasteiger partial charge is 0.293 e. The van der Waals surface area contributed by atoms with Crippen LogP contribution in [0.3, 0.4) is 0 Å². The SMILES string of the molecule is COc1ccc(S(=O)(=O)NCC(C)(C)N2CCOCC2)c([N+](=O)[O-])c1. The molecule has 2 rings (SSSR count). The van der Waals surface area contributed by atoms with E-state index in [2.05, 4.69) is 9.62 Å². The zero-order valence-corrected chi connectivity index (χ0v) is 15.3. The molecular formula is C15H23N3O6S. The fourth-order valence-corrected chi connectivity index (χ4v) is 3.98. The van der Waals surface area contributed by atoms with Crippen molar-refractivity contribution in [1.29, 1.82) is 0 Å². The molecule has 0 saturated carbocycles. The Balaban J connectivity index is 2.20. The summed E-state index contributed by atoms with van der Waals surface area (Å²) in [6, 6.07) is 3.66. The third-order valence-electron chi connectivity index (χ3n) is 4.21. The minimum atomic E-state index is -4.04. The van der Waals surface area contributed by atoms with Crippen molar-refractivity contribution in [3.05, 3.63) is 28.3 Å². The molecule has 1 heterocycles. The standard InChI is InChI=1S/C15H23N3O6S/c1-15(2,17-6-8-24-9-7-17)11-16-25(21,22)14-5-4-12(23-3)10-13(14)18(19)20/h4-5,10,16H,6-9,11H2,1-3H3. The highest BCUT2D eigenvalue weighted by Crippen LogP contribution is 2.28. The average Bonchev–Trinajstić information content (AvgIpc) is 2.60. The number of nitrogens with zero attached hydrogens (tertiary/aromatic N) is 2. The average molecular weight is 373 g/mol. The highest BCUT2D eigenvalue weighted by atomic mass is 32.2. The lowest BCUT2D eigenvalue weighted by Crippen LogP contribution is -2.55. The molecule has 0 atom stereocenters. The highest BCUT2D eigenvalue weighted by Gasteiger charge is 2.32. The zero-order valence-electron chi connectivity index (χ0n) is 14.5. The van der Waals surface area contributed by atoms with Gasteiger partial charge in [-0.3, -0.25) is 15.0 Å². The molecule has 1 aromatic rings. The molecule has 1 N–H and O–H groups in total. The predicted octanol–water partition coefficient (Wildman–Crippen LogP) is 0.992. The fraction of sp³-hybridized carbons (Fsp3) is 0.600. The quantitative estimate of drug-likeness (QED) is 0.560. The number of morpholine rings is 1. The summed E-state index contributed by atoms with van der Waals surface area (Å²) in [5.74, 6) is 0.222. The van der Waals surface area contributed by atoms with E-state index in [1.54, 1.807) is 0 Å². The summed E-state index contributed by atoms with van der Waals surface area (Å²) < 4.78 is 37.9. The summed E-state index contributed by atoms with van der Waals surface area (Å²) in [5.41, 5.74) is -0.964. The summed E-state index contributed by atoms with van der Waals surface area (Å²) >= 11 is 0. The van der Waals surface area contributed by atoms with Gasteiger partial charge in [-0.2, -0.15) is 0 Å². The maximum Gasteiger partial charge on any atom is 0.293 e. The largest absolute Gasteiger partial charge is 0.497 e. The van der Waals surface area contributed by atoms with E-state index in [1.807, 2.05) is 13.8 Å². The van der Waals surface area contributed by atoms with Gasteiger partial charge in [0, 0.05) is 25.2 Å². The van der Waals surface area contributed by atoms with Crippen molar-refractivity contribution in [3.8, 4) is 5.75 Å². The van der Waals surface area contributed by atoms with Crippen LogP contribution in [0.25, 0.3) is 0 Å². The Morgan fingerprint density at radius 3 is 2.56 bits per heavy atom. The first kappa shape index (κ1) is 19.6. The predicted molar refractivity (Wildman–Crippen MR) is 91.3 cm³/mol. The van der Waals surface area contributed by atoms with Gasteiger partial charge < -0.3 is 9.47 Å². The van der Waals surface area contributed by atoms with E-state index in [9.17, 15) is 18.5 Å². The first-order chi connectivity index (χ1) is 11.7. The fourth-order valence-electron chi connectivity index (χ4n) is 2.62. The third kappa shape index (κ3) is 4.66. The van der Waals surface area contributed by atoms with Crippen LogP contribution in [0.15, 0.2) is 23.1 Å². The number of nitro groups is 1. The maximum atomic E-state index is 12.6. The Bertz CT molecular complexity index is 729. The number of methoxy groups -OCH3 is 1. The van der Waals surface area contributed by atoms with Crippen LogP contribution in [0.4, 0.5) is 5.69 Å². The Morgan fingerprint density at radius 2 is 2.00 bits per heavy atom. The van der Waals surface area contributed by atoms with E-state index in [-0.39, 0.29) is 17.2 Å². The van der Waals surface area contributed by atoms with Gasteiger partial charge >= 0.3 is 0 Å². The summed E-state index contributed by atoms with van der Waals surface area (Å²) in [6.45, 7) is 6.57. The molecule has 0 aliphatic carbocycles. The Hall–Kier alpha value is -1.75. The lowest BCUT2D eigenvalue weighted by atomic mass is 10.0. The van der Waals surface area contributed by atoms with Crippen molar-refractivity contribution in [3.63, 3.8) is 0 Å². The van der Waals surface area contributed by atoms with Crippen molar-refractivity contribution in [2.45, 2.75) is 24.3 Å². The molecule has 140 valence electrons. The minimum absolute atomic E-state index is 0.124. The number of nitro benzene ring substituents is 1. The van der Waals surface area contributed by atoms with Crippen molar-refractivity contribution < 1.29 is 22.8 Å². The second kappa shape index (κ2) is 7.65. The van der Waals surface area contributed by atoms with Crippen LogP contribution in [-0.2, 0) is 14.8 Å². The first-order valence-electron chi connectivity index (χ1n) is 7.82. The Morgan fingerprint density at radius 1 is 1.36 bits per heavy atom. The van der Waals surface area contributed by atoms with Gasteiger partial charge in [0.15, 0.2) is 4.90 Å². The second-order valence-corrected chi connectivity index (χ2v) is 8.06. The number of sulfonamides is 1. The number of benzene rings is 1. The van der Waals surface area contributed by atoms with Gasteiger partial charge in [-0.05, 0) is 26.0 Å². The van der Waals surface area contributed by atoms with E-state index in [0.29, 0.717) is 26.3 Å². The lowest BCUT2D eigenvalue weighted by Gasteiger charge is -2.40. The number of rotatable bonds is 7. The molecule has 0 radical (unpaired) electrons. The molecule has 0 aromatic heterocycles. The van der Waals surface area contributed by atoms with Crippen molar-refractivity contribution in [2.75, 3.05) is 40.0 Å². The van der Waals surface area contributed by atoms with Crippen LogP contribution >= 0.6 is 0 Å². The molecule has 0 spiro atoms. The first-order valence-corrected chi connectivity index (χ1v) is 9.30. The topological polar surface area (TPSA) is 111 Å². The molecule has 0 amide bonds. The van der Waals surface area contributed by atoms with E-state index in [4.69, 9.17) is 9.47 Å². The Kier molecular flexibility index (Phi) is 5.99. The van der Waals surface area contributed by atoms with Crippen LogP contribution < -0.4 is 9.46 Å². The van der Waals surface area contributed by atoms with E-state index >= 15 is 0 Å². The molecule has 0 bridgehead atoms. The van der Waals surface area contributed by atoms with E-state index in [0.717, 1.165) is 6.07 Å². The maximum absolute atomic E-state index is 12.6. The molecule has 1 aliphatic heterocycles. The van der Waals surface area contributed by atoms with Crippen LogP contribution in [0.2, 0.25) is 0 Å². The van der Waals surface area contributed by atoms with Gasteiger partial charge in [0.05, 0.1) is 31.3 Å². The summed E-state index contributed by atoms with van der Waals surface area (Å²) in [6.07, 6.45) is 0. The normalized spacial score (nSPS) is 16.6. The monoisotopic (exact) mass is 373 g/mol. The molecule has 1 aromatic carbocycles. The van der Waals surface area contributed by atoms with Crippen LogP contribution in [0.1, 0.15) is 13.8 Å². The van der Waals surface area contributed by atoms with Crippen LogP contribution in [0, 0.1) is 10.1 Å². The van der Waals surface area contributed by atoms with Gasteiger partial charge in [-0.25, -0.2) is 13.1 Å². The lowest BCUT2D eigenvalue weighted by molar-refractivity contribution is -0.387. The molecule has 9 nitrogen and oxygen atoms in total. The number of hydrogen-bond acceptors (Lipinski definition) is 7. The molecule has 1 saturated heterocycles. The molecular weight excluding hydrogens is 350 g/mol. The number of ether oxygens (including phenoxy) is 2. The Labute approximate surface area is 147 Å². The van der Waals surface area contributed by atoms with Crippen molar-refractivity contribution in [2.24, 2.45) is 0 Å². The summed E-state index contributed by atoms with van der Waals surface area (Å²) in [7, 11) is -2.68. The van der Waals surface area contributed by atoms with Gasteiger partial charge in [0.25, 0.3) is 5.69 Å². The van der Waals surface area contributed by atoms with Gasteiger partial charge in [0.2, 0.25) is 10.0 Å². The number of nitrogens with one attached hydrogen (secondary N) is 1. The number of hydrogen-bond donors (Lipinski definition) is 1. The summed E-state index contributed by atoms with van der Waals surface area (Å²) in [5, 5.41) is 11.2. The van der Waals surface area contributed by atoms with Gasteiger partial charge in [-0.15, -0.1) is 0 Å². The molecule has 10 heteroatoms. The second-order valence-electron chi connectivity index (χ2n) is 6.33. The molecule has 0 unspecified atom stereocenters. The van der Waals surface area contributed by atoms with Crippen LogP contribution in [-0.4, -0.2) is 63.7 Å². The van der Waals surface area contributed by atoms with Gasteiger partial charge in [-0.1, -0.05) is 0 Å². The minimum Gasteiger partial charge on any atom is -0.497 e. The zero-order chi connectivity index (χ0) is 18.7. The van der Waals surface area contributed by atoms with E-state index < -0.39 is 26.2 Å². The molecule has 1 aliphatic rings. The van der Waals surface area contributed by atoms with E-state index in [1.165, 1.54) is 19.2 Å². The third-order valence-corrected chi connectivity index (χ3v) is 5.66.